The second-order valence-electron chi connectivity index (χ2n) is 4.51. The topological polar surface area (TPSA) is 90.3 Å². The van der Waals surface area contributed by atoms with Gasteiger partial charge in [-0.15, -0.1) is 0 Å². The molecule has 0 saturated carbocycles. The van der Waals surface area contributed by atoms with Crippen LogP contribution in [-0.2, 0) is 0 Å². The van der Waals surface area contributed by atoms with E-state index in [2.05, 4.69) is 22.1 Å². The maximum absolute atomic E-state index is 13.4. The van der Waals surface area contributed by atoms with Gasteiger partial charge in [-0.05, 0) is 31.2 Å². The van der Waals surface area contributed by atoms with Crippen molar-refractivity contribution in [2.75, 3.05) is 16.1 Å². The first-order valence-electron chi connectivity index (χ1n) is 6.71. The minimum atomic E-state index is -0.726. The second-order valence-corrected chi connectivity index (χ2v) is 4.51. The molecule has 2 rings (SSSR count). The lowest BCUT2D eigenvalue weighted by molar-refractivity contribution is 0.627. The van der Waals surface area contributed by atoms with Crippen LogP contribution in [0, 0.1) is 17.1 Å². The lowest BCUT2D eigenvalue weighted by atomic mass is 10.2. The average Bonchev–Trinajstić information content (AvgIpc) is 2.56. The Labute approximate surface area is 133 Å². The Balaban J connectivity index is 2.37. The number of nitriles is 1. The second kappa shape index (κ2) is 7.04. The molecule has 0 aliphatic rings. The Morgan fingerprint density at radius 1 is 1.48 bits per heavy atom. The molecule has 1 aromatic carbocycles. The van der Waals surface area contributed by atoms with E-state index in [-0.39, 0.29) is 17.2 Å². The van der Waals surface area contributed by atoms with Crippen LogP contribution in [0.2, 0.25) is 0 Å². The molecule has 0 aliphatic heterocycles. The van der Waals surface area contributed by atoms with Gasteiger partial charge in [0.05, 0.1) is 11.3 Å². The number of aromatic nitrogens is 1. The largest absolute Gasteiger partial charge is 0.381 e. The lowest BCUT2D eigenvalue weighted by Gasteiger charge is -2.15. The number of nitrogens with two attached hydrogens (primary N) is 1. The highest BCUT2D eigenvalue weighted by atomic mass is 19.1. The number of benzene rings is 1. The molecular weight excluding hydrogens is 295 g/mol. The van der Waals surface area contributed by atoms with Crippen LogP contribution in [0.25, 0.3) is 0 Å². The Bertz CT molecular complexity index is 794. The summed E-state index contributed by atoms with van der Waals surface area (Å²) >= 11 is 0. The number of rotatable bonds is 5. The van der Waals surface area contributed by atoms with Crippen LogP contribution in [0.4, 0.5) is 27.4 Å². The van der Waals surface area contributed by atoms with Crippen LogP contribution in [0.3, 0.4) is 0 Å². The highest BCUT2D eigenvalue weighted by Gasteiger charge is 2.10. The van der Waals surface area contributed by atoms with Gasteiger partial charge in [0.1, 0.15) is 6.07 Å². The van der Waals surface area contributed by atoms with Crippen molar-refractivity contribution in [3.8, 4) is 6.07 Å². The van der Waals surface area contributed by atoms with Crippen molar-refractivity contribution in [3.63, 3.8) is 0 Å². The maximum Gasteiger partial charge on any atom is 0.166 e. The fraction of sp³-hybridized carbons (Fsp3) is 0.0625. The molecule has 116 valence electrons. The number of anilines is 4. The van der Waals surface area contributed by atoms with Gasteiger partial charge >= 0.3 is 0 Å². The molecular formula is C16H15FN6. The molecule has 7 heteroatoms. The highest BCUT2D eigenvalue weighted by Crippen LogP contribution is 2.25. The summed E-state index contributed by atoms with van der Waals surface area (Å²) < 4.78 is 13.4. The standard InChI is InChI=1S/C16H15FN6/c1-3-7-23(20-2)13-6-4-5-12(9-13)21-16-11(10-18)8-14(17)15(19)22-16/h3-9H,2H2,1H3,(H3,19,21,22)/b7-3-. The van der Waals surface area contributed by atoms with Crippen LogP contribution in [0.5, 0.6) is 0 Å². The van der Waals surface area contributed by atoms with E-state index in [0.29, 0.717) is 5.69 Å². The van der Waals surface area contributed by atoms with Crippen LogP contribution >= 0.6 is 0 Å². The third-order valence-electron chi connectivity index (χ3n) is 2.94. The Morgan fingerprint density at radius 2 is 2.26 bits per heavy atom. The summed E-state index contributed by atoms with van der Waals surface area (Å²) in [6.45, 7) is 5.37. The number of nitrogen functional groups attached to an aromatic ring is 1. The SMILES string of the molecule is C=NN(/C=C\C)c1cccc(Nc2nc(N)c(F)cc2C#N)c1. The van der Waals surface area contributed by atoms with E-state index in [0.717, 1.165) is 11.8 Å². The zero-order valence-corrected chi connectivity index (χ0v) is 12.5. The zero-order valence-electron chi connectivity index (χ0n) is 12.5. The van der Waals surface area contributed by atoms with Crippen molar-refractivity contribution < 1.29 is 4.39 Å². The average molecular weight is 310 g/mol. The van der Waals surface area contributed by atoms with E-state index < -0.39 is 5.82 Å². The molecule has 23 heavy (non-hydrogen) atoms. The lowest BCUT2D eigenvalue weighted by Crippen LogP contribution is -2.07. The van der Waals surface area contributed by atoms with E-state index in [1.807, 2.05) is 25.1 Å². The van der Waals surface area contributed by atoms with Gasteiger partial charge in [0.25, 0.3) is 0 Å². The molecule has 0 radical (unpaired) electrons. The number of hydrogen-bond donors (Lipinski definition) is 2. The maximum atomic E-state index is 13.4. The molecule has 0 fully saturated rings. The quantitative estimate of drug-likeness (QED) is 0.652. The first-order chi connectivity index (χ1) is 11.1. The number of hydrogen-bond acceptors (Lipinski definition) is 6. The van der Waals surface area contributed by atoms with Crippen molar-refractivity contribution in [2.24, 2.45) is 5.10 Å². The molecule has 0 spiro atoms. The normalized spacial score (nSPS) is 10.3. The molecule has 0 saturated heterocycles. The highest BCUT2D eigenvalue weighted by molar-refractivity contribution is 5.68. The zero-order chi connectivity index (χ0) is 16.8. The monoisotopic (exact) mass is 310 g/mol. The Hall–Kier alpha value is -3.40. The molecule has 0 aliphatic carbocycles. The minimum Gasteiger partial charge on any atom is -0.381 e. The summed E-state index contributed by atoms with van der Waals surface area (Å²) in [6.07, 6.45) is 3.58. The predicted octanol–water partition coefficient (Wildman–Crippen LogP) is 3.37. The van der Waals surface area contributed by atoms with E-state index in [9.17, 15) is 4.39 Å². The number of allylic oxidation sites excluding steroid dienone is 1. The van der Waals surface area contributed by atoms with Crippen molar-refractivity contribution in [1.82, 2.24) is 4.98 Å². The number of hydrazone groups is 1. The summed E-state index contributed by atoms with van der Waals surface area (Å²) in [4.78, 5) is 3.88. The fourth-order valence-corrected chi connectivity index (χ4v) is 1.90. The molecule has 1 aromatic heterocycles. The van der Waals surface area contributed by atoms with Gasteiger partial charge in [0.2, 0.25) is 0 Å². The number of nitrogens with one attached hydrogen (secondary N) is 1. The van der Waals surface area contributed by atoms with Gasteiger partial charge in [-0.3, -0.25) is 0 Å². The molecule has 0 bridgehead atoms. The van der Waals surface area contributed by atoms with Crippen molar-refractivity contribution >= 4 is 29.7 Å². The molecule has 6 nitrogen and oxygen atoms in total. The van der Waals surface area contributed by atoms with Crippen LogP contribution < -0.4 is 16.1 Å². The Kier molecular flexibility index (Phi) is 4.89. The minimum absolute atomic E-state index is 0.0641. The Morgan fingerprint density at radius 3 is 2.91 bits per heavy atom. The van der Waals surface area contributed by atoms with Crippen molar-refractivity contribution in [3.05, 3.63) is 54.0 Å². The number of halogens is 1. The van der Waals surface area contributed by atoms with Gasteiger partial charge in [0.15, 0.2) is 17.5 Å². The van der Waals surface area contributed by atoms with Gasteiger partial charge in [0, 0.05) is 18.6 Å². The van der Waals surface area contributed by atoms with Crippen LogP contribution in [0.15, 0.2) is 47.7 Å². The molecule has 1 heterocycles. The van der Waals surface area contributed by atoms with Crippen molar-refractivity contribution in [1.29, 1.82) is 5.26 Å². The molecule has 0 atom stereocenters. The van der Waals surface area contributed by atoms with Crippen LogP contribution in [0.1, 0.15) is 12.5 Å². The summed E-state index contributed by atoms with van der Waals surface area (Å²) in [5, 5.41) is 17.5. The first kappa shape index (κ1) is 16.0. The fourth-order valence-electron chi connectivity index (χ4n) is 1.90. The summed E-state index contributed by atoms with van der Waals surface area (Å²) in [5.41, 5.74) is 6.93. The molecule has 3 N–H and O–H groups in total. The van der Waals surface area contributed by atoms with Crippen LogP contribution in [-0.4, -0.2) is 11.7 Å². The molecule has 0 amide bonds. The van der Waals surface area contributed by atoms with Gasteiger partial charge in [-0.25, -0.2) is 14.4 Å². The summed E-state index contributed by atoms with van der Waals surface area (Å²) in [6, 6.07) is 10.1. The van der Waals surface area contributed by atoms with Gasteiger partial charge in [-0.1, -0.05) is 12.1 Å². The van der Waals surface area contributed by atoms with E-state index in [4.69, 9.17) is 11.0 Å². The number of pyridine rings is 1. The summed E-state index contributed by atoms with van der Waals surface area (Å²) in [7, 11) is 0. The van der Waals surface area contributed by atoms with E-state index >= 15 is 0 Å². The third kappa shape index (κ3) is 3.63. The first-order valence-corrected chi connectivity index (χ1v) is 6.71. The van der Waals surface area contributed by atoms with E-state index in [1.165, 1.54) is 0 Å². The molecule has 2 aromatic rings. The van der Waals surface area contributed by atoms with Gasteiger partial charge in [-0.2, -0.15) is 10.4 Å². The van der Waals surface area contributed by atoms with Crippen molar-refractivity contribution in [2.45, 2.75) is 6.92 Å². The summed E-state index contributed by atoms with van der Waals surface area (Å²) in [5.74, 6) is -0.811. The number of nitrogens with zero attached hydrogens (tertiary/aromatic N) is 4. The predicted molar refractivity (Wildman–Crippen MR) is 89.9 cm³/mol. The van der Waals surface area contributed by atoms with E-state index in [1.54, 1.807) is 29.4 Å². The smallest absolute Gasteiger partial charge is 0.166 e. The third-order valence-corrected chi connectivity index (χ3v) is 2.94. The van der Waals surface area contributed by atoms with Gasteiger partial charge < -0.3 is 11.1 Å². The molecule has 0 unspecified atom stereocenters.